The number of carbonyl (C=O) groups is 2. The maximum absolute atomic E-state index is 13.5. The third-order valence-electron chi connectivity index (χ3n) is 5.72. The van der Waals surface area contributed by atoms with Gasteiger partial charge in [0.2, 0.25) is 5.91 Å². The van der Waals surface area contributed by atoms with Crippen molar-refractivity contribution in [2.24, 2.45) is 0 Å². The zero-order valence-corrected chi connectivity index (χ0v) is 20.3. The van der Waals surface area contributed by atoms with E-state index in [0.717, 1.165) is 31.3 Å². The SMILES string of the molecule is CN1CCN(CC(=O)Nc2cc(OC(F)(F)F)ccc2C(=O)Nc2cnc(-c3cccc(F)c3)cn2)CC1. The van der Waals surface area contributed by atoms with Crippen LogP contribution in [0.1, 0.15) is 10.4 Å². The zero-order chi connectivity index (χ0) is 27.3. The van der Waals surface area contributed by atoms with Crippen molar-refractivity contribution < 1.29 is 31.9 Å². The Morgan fingerprint density at radius 3 is 2.42 bits per heavy atom. The highest BCUT2D eigenvalue weighted by Gasteiger charge is 2.31. The number of likely N-dealkylation sites (N-methyl/N-ethyl adjacent to an activating group) is 1. The fraction of sp³-hybridized carbons (Fsp3) is 0.280. The molecule has 0 spiro atoms. The van der Waals surface area contributed by atoms with E-state index in [2.05, 4.69) is 30.2 Å². The summed E-state index contributed by atoms with van der Waals surface area (Å²) >= 11 is 0. The summed E-state index contributed by atoms with van der Waals surface area (Å²) in [5, 5.41) is 5.02. The molecule has 200 valence electrons. The normalized spacial score (nSPS) is 14.7. The average molecular weight is 532 g/mol. The molecule has 0 aliphatic carbocycles. The molecule has 2 heterocycles. The van der Waals surface area contributed by atoms with Crippen LogP contribution in [-0.4, -0.2) is 77.7 Å². The molecule has 0 radical (unpaired) electrons. The Kier molecular flexibility index (Phi) is 8.17. The van der Waals surface area contributed by atoms with Crippen molar-refractivity contribution in [1.29, 1.82) is 0 Å². The van der Waals surface area contributed by atoms with Gasteiger partial charge >= 0.3 is 6.36 Å². The largest absolute Gasteiger partial charge is 0.573 e. The summed E-state index contributed by atoms with van der Waals surface area (Å²) in [4.78, 5) is 37.9. The average Bonchev–Trinajstić information content (AvgIpc) is 2.85. The van der Waals surface area contributed by atoms with E-state index >= 15 is 0 Å². The van der Waals surface area contributed by atoms with Gasteiger partial charge in [-0.05, 0) is 31.3 Å². The van der Waals surface area contributed by atoms with Crippen LogP contribution in [0, 0.1) is 5.82 Å². The molecule has 0 atom stereocenters. The first kappa shape index (κ1) is 26.9. The van der Waals surface area contributed by atoms with E-state index in [1.54, 1.807) is 6.07 Å². The van der Waals surface area contributed by atoms with Gasteiger partial charge < -0.3 is 20.3 Å². The molecule has 13 heteroatoms. The highest BCUT2D eigenvalue weighted by atomic mass is 19.4. The summed E-state index contributed by atoms with van der Waals surface area (Å²) in [6, 6.07) is 8.75. The minimum absolute atomic E-state index is 0.00622. The number of alkyl halides is 3. The summed E-state index contributed by atoms with van der Waals surface area (Å²) < 4.78 is 55.7. The van der Waals surface area contributed by atoms with E-state index in [1.807, 2.05) is 11.9 Å². The Bertz CT molecular complexity index is 1300. The number of hydrogen-bond donors (Lipinski definition) is 2. The maximum Gasteiger partial charge on any atom is 0.573 e. The Hall–Kier alpha value is -4.10. The number of piperazine rings is 1. The molecule has 3 aromatic rings. The van der Waals surface area contributed by atoms with Crippen LogP contribution in [0.15, 0.2) is 54.9 Å². The maximum atomic E-state index is 13.5. The number of anilines is 2. The first-order valence-corrected chi connectivity index (χ1v) is 11.6. The van der Waals surface area contributed by atoms with Gasteiger partial charge in [0.25, 0.3) is 5.91 Å². The van der Waals surface area contributed by atoms with Crippen LogP contribution in [0.4, 0.5) is 29.1 Å². The first-order valence-electron chi connectivity index (χ1n) is 11.6. The van der Waals surface area contributed by atoms with Crippen molar-refractivity contribution in [2.75, 3.05) is 50.4 Å². The molecule has 1 fully saturated rings. The van der Waals surface area contributed by atoms with Crippen molar-refractivity contribution in [3.05, 3.63) is 66.2 Å². The van der Waals surface area contributed by atoms with Crippen molar-refractivity contribution in [3.63, 3.8) is 0 Å². The highest BCUT2D eigenvalue weighted by molar-refractivity contribution is 6.10. The number of benzene rings is 2. The van der Waals surface area contributed by atoms with Gasteiger partial charge in [-0.15, -0.1) is 13.2 Å². The standard InChI is InChI=1S/C25H24F4N6O3/c1-34-7-9-35(10-8-34)15-23(36)32-20-12-18(38-25(27,28)29)5-6-19(20)24(37)33-22-14-30-21(13-31-22)16-3-2-4-17(26)11-16/h2-6,11-14H,7-10,15H2,1H3,(H,32,36)(H,31,33,37). The van der Waals surface area contributed by atoms with Crippen LogP contribution < -0.4 is 15.4 Å². The van der Waals surface area contributed by atoms with Crippen LogP contribution >= 0.6 is 0 Å². The number of amides is 2. The predicted molar refractivity (Wildman–Crippen MR) is 131 cm³/mol. The van der Waals surface area contributed by atoms with E-state index in [0.29, 0.717) is 24.3 Å². The fourth-order valence-corrected chi connectivity index (χ4v) is 3.79. The monoisotopic (exact) mass is 532 g/mol. The lowest BCUT2D eigenvalue weighted by Gasteiger charge is -2.31. The van der Waals surface area contributed by atoms with Gasteiger partial charge in [-0.2, -0.15) is 0 Å². The minimum atomic E-state index is -4.95. The number of ether oxygens (including phenoxy) is 1. The molecule has 1 aliphatic heterocycles. The van der Waals surface area contributed by atoms with Gasteiger partial charge in [0.1, 0.15) is 11.6 Å². The number of aromatic nitrogens is 2. The fourth-order valence-electron chi connectivity index (χ4n) is 3.79. The van der Waals surface area contributed by atoms with Crippen molar-refractivity contribution in [1.82, 2.24) is 19.8 Å². The number of halogens is 4. The van der Waals surface area contributed by atoms with Gasteiger partial charge in [-0.1, -0.05) is 12.1 Å². The lowest BCUT2D eigenvalue weighted by molar-refractivity contribution is -0.274. The van der Waals surface area contributed by atoms with Gasteiger partial charge in [0, 0.05) is 37.8 Å². The molecule has 1 aliphatic rings. The molecule has 1 saturated heterocycles. The first-order chi connectivity index (χ1) is 18.1. The highest BCUT2D eigenvalue weighted by Crippen LogP contribution is 2.28. The van der Waals surface area contributed by atoms with Crippen LogP contribution in [-0.2, 0) is 4.79 Å². The van der Waals surface area contributed by atoms with E-state index in [1.165, 1.54) is 30.6 Å². The molecule has 2 N–H and O–H groups in total. The van der Waals surface area contributed by atoms with Crippen LogP contribution in [0.5, 0.6) is 5.75 Å². The van der Waals surface area contributed by atoms with Crippen LogP contribution in [0.3, 0.4) is 0 Å². The molecule has 2 amide bonds. The number of nitrogens with one attached hydrogen (secondary N) is 2. The third-order valence-corrected chi connectivity index (χ3v) is 5.72. The quantitative estimate of drug-likeness (QED) is 0.449. The molecule has 0 bridgehead atoms. The van der Waals surface area contributed by atoms with Gasteiger partial charge in [0.05, 0.1) is 35.9 Å². The summed E-state index contributed by atoms with van der Waals surface area (Å²) in [7, 11) is 1.97. The molecule has 4 rings (SSSR count). The minimum Gasteiger partial charge on any atom is -0.406 e. The second kappa shape index (κ2) is 11.5. The second-order valence-corrected chi connectivity index (χ2v) is 8.63. The molecule has 0 unspecified atom stereocenters. The second-order valence-electron chi connectivity index (χ2n) is 8.63. The predicted octanol–water partition coefficient (Wildman–Crippen LogP) is 3.62. The molecular weight excluding hydrogens is 508 g/mol. The van der Waals surface area contributed by atoms with Crippen LogP contribution in [0.25, 0.3) is 11.3 Å². The van der Waals surface area contributed by atoms with Crippen molar-refractivity contribution in [2.45, 2.75) is 6.36 Å². The summed E-state index contributed by atoms with van der Waals surface area (Å²) in [6.07, 6.45) is -2.36. The van der Waals surface area contributed by atoms with Gasteiger partial charge in [0.15, 0.2) is 5.82 Å². The summed E-state index contributed by atoms with van der Waals surface area (Å²) in [5.41, 5.74) is 0.587. The van der Waals surface area contributed by atoms with Gasteiger partial charge in [-0.25, -0.2) is 9.37 Å². The van der Waals surface area contributed by atoms with Crippen LogP contribution in [0.2, 0.25) is 0 Å². The summed E-state index contributed by atoms with van der Waals surface area (Å²) in [6.45, 7) is 2.85. The molecule has 2 aromatic carbocycles. The zero-order valence-electron chi connectivity index (χ0n) is 20.3. The number of carbonyl (C=O) groups excluding carboxylic acids is 2. The molecule has 0 saturated carbocycles. The van der Waals surface area contributed by atoms with E-state index in [4.69, 9.17) is 0 Å². The van der Waals surface area contributed by atoms with Gasteiger partial charge in [-0.3, -0.25) is 19.5 Å². The van der Waals surface area contributed by atoms with Crippen molar-refractivity contribution >= 4 is 23.3 Å². The molecule has 9 nitrogen and oxygen atoms in total. The molecule has 1 aromatic heterocycles. The van der Waals surface area contributed by atoms with E-state index in [-0.39, 0.29) is 23.6 Å². The molecular formula is C25H24F4N6O3. The Morgan fingerprint density at radius 1 is 1.00 bits per heavy atom. The molecule has 38 heavy (non-hydrogen) atoms. The third kappa shape index (κ3) is 7.46. The smallest absolute Gasteiger partial charge is 0.406 e. The Morgan fingerprint density at radius 2 is 1.76 bits per heavy atom. The number of hydrogen-bond acceptors (Lipinski definition) is 7. The Labute approximate surface area is 215 Å². The number of nitrogens with zero attached hydrogens (tertiary/aromatic N) is 4. The van der Waals surface area contributed by atoms with Crippen molar-refractivity contribution in [3.8, 4) is 17.0 Å². The Balaban J connectivity index is 1.50. The van der Waals surface area contributed by atoms with E-state index in [9.17, 15) is 27.2 Å². The number of rotatable bonds is 7. The topological polar surface area (TPSA) is 99.7 Å². The summed E-state index contributed by atoms with van der Waals surface area (Å²) in [5.74, 6) is -2.23. The lowest BCUT2D eigenvalue weighted by Crippen LogP contribution is -2.47. The lowest BCUT2D eigenvalue weighted by atomic mass is 10.1. The van der Waals surface area contributed by atoms with E-state index < -0.39 is 29.7 Å².